The molecule has 2 N–H and O–H groups in total. The first-order valence-electron chi connectivity index (χ1n) is 11.1. The van der Waals surface area contributed by atoms with Gasteiger partial charge in [-0.25, -0.2) is 0 Å². The topological polar surface area (TPSA) is 97.9 Å². The first kappa shape index (κ1) is 23.2. The molecule has 2 amide bonds. The van der Waals surface area contributed by atoms with E-state index in [1.54, 1.807) is 12.1 Å². The molecule has 8 nitrogen and oxygen atoms in total. The standard InChI is InChI=1S/C24H30N4O4S/c1-26(2)24(31)22(29)19-13-28(25)20-12-21(32-3)18(11-17(19)20)23(30)27-7-4-15(5-8-27)10-16-6-9-33-14-16/h11-15H,4-10,25H2,1-3H3. The number of ketones is 1. The number of carbonyl (C=O) groups is 3. The highest BCUT2D eigenvalue weighted by atomic mass is 32.2. The maximum atomic E-state index is 13.4. The number of piperidine rings is 1. The maximum Gasteiger partial charge on any atom is 0.294 e. The van der Waals surface area contributed by atoms with Crippen molar-refractivity contribution in [2.24, 2.45) is 5.92 Å². The number of Topliss-reactive ketones (excluding diaryl/α,β-unsaturated/α-hetero) is 1. The Hall–Kier alpha value is -2.94. The Labute approximate surface area is 197 Å². The molecule has 1 saturated heterocycles. The molecule has 2 aliphatic rings. The molecule has 0 bridgehead atoms. The van der Waals surface area contributed by atoms with Crippen LogP contribution >= 0.6 is 11.8 Å². The van der Waals surface area contributed by atoms with Crippen LogP contribution < -0.4 is 10.6 Å². The van der Waals surface area contributed by atoms with Crippen LogP contribution in [0.1, 0.15) is 46.4 Å². The number of nitrogens with zero attached hydrogens (tertiary/aromatic N) is 3. The van der Waals surface area contributed by atoms with Gasteiger partial charge in [0.25, 0.3) is 17.6 Å². The van der Waals surface area contributed by atoms with E-state index in [0.717, 1.165) is 19.3 Å². The lowest BCUT2D eigenvalue weighted by molar-refractivity contribution is -0.124. The number of nitrogen functional groups attached to an aromatic ring is 1. The second-order valence-corrected chi connectivity index (χ2v) is 9.86. The van der Waals surface area contributed by atoms with Gasteiger partial charge in [0, 0.05) is 50.6 Å². The zero-order valence-corrected chi connectivity index (χ0v) is 20.1. The van der Waals surface area contributed by atoms with E-state index in [4.69, 9.17) is 10.6 Å². The Balaban J connectivity index is 1.59. The lowest BCUT2D eigenvalue weighted by atomic mass is 9.89. The molecule has 4 rings (SSSR count). The summed E-state index contributed by atoms with van der Waals surface area (Å²) in [6.07, 6.45) is 5.67. The van der Waals surface area contributed by atoms with Crippen LogP contribution in [0.5, 0.6) is 5.75 Å². The summed E-state index contributed by atoms with van der Waals surface area (Å²) in [6.45, 7) is 1.38. The molecule has 2 aromatic rings. The van der Waals surface area contributed by atoms with Gasteiger partial charge in [-0.2, -0.15) is 0 Å². The number of methoxy groups -OCH3 is 1. The van der Waals surface area contributed by atoms with Crippen molar-refractivity contribution in [3.8, 4) is 5.75 Å². The molecule has 2 aliphatic heterocycles. The van der Waals surface area contributed by atoms with Gasteiger partial charge in [-0.1, -0.05) is 5.57 Å². The van der Waals surface area contributed by atoms with Crippen molar-refractivity contribution in [2.75, 3.05) is 45.9 Å². The van der Waals surface area contributed by atoms with E-state index in [9.17, 15) is 14.4 Å². The second kappa shape index (κ2) is 9.51. The Morgan fingerprint density at radius 1 is 1.18 bits per heavy atom. The zero-order valence-electron chi connectivity index (χ0n) is 19.3. The summed E-state index contributed by atoms with van der Waals surface area (Å²) in [5.41, 5.74) is 2.59. The zero-order chi connectivity index (χ0) is 23.7. The Kier molecular flexibility index (Phi) is 6.69. The van der Waals surface area contributed by atoms with Crippen molar-refractivity contribution in [2.45, 2.75) is 25.7 Å². The molecule has 9 heteroatoms. The van der Waals surface area contributed by atoms with Gasteiger partial charge in [-0.3, -0.25) is 19.1 Å². The van der Waals surface area contributed by atoms with Gasteiger partial charge in [0.05, 0.1) is 23.8 Å². The smallest absolute Gasteiger partial charge is 0.294 e. The first-order valence-corrected chi connectivity index (χ1v) is 12.2. The monoisotopic (exact) mass is 470 g/mol. The van der Waals surface area contributed by atoms with Crippen LogP contribution in [0.25, 0.3) is 10.9 Å². The van der Waals surface area contributed by atoms with Gasteiger partial charge in [0.15, 0.2) is 0 Å². The third-order valence-corrected chi connectivity index (χ3v) is 7.41. The number of benzene rings is 1. The number of ether oxygens (including phenoxy) is 1. The Morgan fingerprint density at radius 2 is 1.91 bits per heavy atom. The number of amides is 2. The molecular formula is C24H30N4O4S. The minimum Gasteiger partial charge on any atom is -0.496 e. The molecule has 1 fully saturated rings. The van der Waals surface area contributed by atoms with Crippen molar-refractivity contribution in [3.63, 3.8) is 0 Å². The van der Waals surface area contributed by atoms with Crippen LogP contribution in [0.15, 0.2) is 29.3 Å². The fourth-order valence-corrected chi connectivity index (χ4v) is 5.52. The van der Waals surface area contributed by atoms with E-state index in [-0.39, 0.29) is 11.5 Å². The fourth-order valence-electron chi connectivity index (χ4n) is 4.57. The molecule has 0 saturated carbocycles. The maximum absolute atomic E-state index is 13.4. The van der Waals surface area contributed by atoms with E-state index >= 15 is 0 Å². The van der Waals surface area contributed by atoms with Gasteiger partial charge in [-0.05, 0) is 43.1 Å². The van der Waals surface area contributed by atoms with Crippen LogP contribution in [-0.2, 0) is 4.79 Å². The third-order valence-electron chi connectivity index (χ3n) is 6.47. The van der Waals surface area contributed by atoms with E-state index in [2.05, 4.69) is 5.41 Å². The van der Waals surface area contributed by atoms with E-state index in [1.807, 2.05) is 16.7 Å². The van der Waals surface area contributed by atoms with Crippen LogP contribution in [0.2, 0.25) is 0 Å². The molecule has 33 heavy (non-hydrogen) atoms. The van der Waals surface area contributed by atoms with Crippen LogP contribution in [0.3, 0.4) is 0 Å². The lowest BCUT2D eigenvalue weighted by Gasteiger charge is -2.32. The van der Waals surface area contributed by atoms with Gasteiger partial charge in [-0.15, -0.1) is 11.8 Å². The molecular weight excluding hydrogens is 440 g/mol. The number of nitrogens with two attached hydrogens (primary N) is 1. The molecule has 1 aromatic carbocycles. The number of likely N-dealkylation sites (tertiary alicyclic amines) is 1. The number of carbonyl (C=O) groups excluding carboxylic acids is 3. The SMILES string of the molecule is COc1cc2c(cc1C(=O)N1CCC(CC3=CSCC3)CC1)c(C(=O)C(=O)N(C)C)cn2N. The van der Waals surface area contributed by atoms with Gasteiger partial charge in [0.1, 0.15) is 5.75 Å². The number of thioether (sulfide) groups is 1. The number of allylic oxidation sites excluding steroid dienone is 1. The molecule has 0 atom stereocenters. The van der Waals surface area contributed by atoms with Crippen molar-refractivity contribution in [1.29, 1.82) is 0 Å². The van der Waals surface area contributed by atoms with Gasteiger partial charge in [0.2, 0.25) is 0 Å². The predicted octanol–water partition coefficient (Wildman–Crippen LogP) is 2.90. The quantitative estimate of drug-likeness (QED) is 0.396. The number of hydrogen-bond acceptors (Lipinski definition) is 6. The summed E-state index contributed by atoms with van der Waals surface area (Å²) in [5.74, 6) is 6.78. The van der Waals surface area contributed by atoms with Crippen molar-refractivity contribution in [3.05, 3.63) is 40.4 Å². The molecule has 1 aromatic heterocycles. The van der Waals surface area contributed by atoms with E-state index < -0.39 is 11.7 Å². The summed E-state index contributed by atoms with van der Waals surface area (Å²) < 4.78 is 6.78. The molecule has 176 valence electrons. The lowest BCUT2D eigenvalue weighted by Crippen LogP contribution is -2.38. The average Bonchev–Trinajstić information content (AvgIpc) is 3.44. The Morgan fingerprint density at radius 3 is 2.52 bits per heavy atom. The summed E-state index contributed by atoms with van der Waals surface area (Å²) in [4.78, 5) is 41.5. The minimum absolute atomic E-state index is 0.134. The van der Waals surface area contributed by atoms with Crippen molar-refractivity contribution < 1.29 is 19.1 Å². The van der Waals surface area contributed by atoms with Crippen LogP contribution in [0, 0.1) is 5.92 Å². The summed E-state index contributed by atoms with van der Waals surface area (Å²) in [5, 5.41) is 2.75. The number of likely N-dealkylation sites (N-methyl/N-ethyl adjacent to an activating group) is 1. The van der Waals surface area contributed by atoms with Gasteiger partial charge < -0.3 is 20.4 Å². The molecule has 0 aliphatic carbocycles. The van der Waals surface area contributed by atoms with E-state index in [0.29, 0.717) is 41.2 Å². The Bertz CT molecular complexity index is 1130. The van der Waals surface area contributed by atoms with Gasteiger partial charge >= 0.3 is 0 Å². The summed E-state index contributed by atoms with van der Waals surface area (Å²) >= 11 is 1.89. The first-order chi connectivity index (χ1) is 15.8. The summed E-state index contributed by atoms with van der Waals surface area (Å²) in [7, 11) is 4.54. The highest BCUT2D eigenvalue weighted by Gasteiger charge is 2.29. The normalized spacial score (nSPS) is 16.7. The highest BCUT2D eigenvalue weighted by Crippen LogP contribution is 2.34. The average molecular weight is 471 g/mol. The van der Waals surface area contributed by atoms with Crippen LogP contribution in [-0.4, -0.2) is 72.1 Å². The number of rotatable bonds is 6. The molecule has 0 radical (unpaired) electrons. The molecule has 0 spiro atoms. The second-order valence-electron chi connectivity index (χ2n) is 8.88. The third kappa shape index (κ3) is 4.59. The largest absolute Gasteiger partial charge is 0.496 e. The fraction of sp³-hybridized carbons (Fsp3) is 0.458. The number of fused-ring (bicyclic) bond motifs is 1. The van der Waals surface area contributed by atoms with Crippen LogP contribution in [0.4, 0.5) is 0 Å². The molecule has 3 heterocycles. The minimum atomic E-state index is -0.669. The number of hydrogen-bond donors (Lipinski definition) is 1. The summed E-state index contributed by atoms with van der Waals surface area (Å²) in [6, 6.07) is 3.28. The van der Waals surface area contributed by atoms with E-state index in [1.165, 1.54) is 54.7 Å². The van der Waals surface area contributed by atoms with Crippen molar-refractivity contribution in [1.82, 2.24) is 14.5 Å². The molecule has 0 unspecified atom stereocenters. The predicted molar refractivity (Wildman–Crippen MR) is 130 cm³/mol. The highest BCUT2D eigenvalue weighted by molar-refractivity contribution is 8.02. The number of aromatic nitrogens is 1. The van der Waals surface area contributed by atoms with Crippen molar-refractivity contribution >= 4 is 40.3 Å².